The van der Waals surface area contributed by atoms with Gasteiger partial charge in [-0.1, -0.05) is 0 Å². The Bertz CT molecular complexity index is 464. The van der Waals surface area contributed by atoms with Gasteiger partial charge in [-0.25, -0.2) is 0 Å². The Balaban J connectivity index is 2.38. The highest BCUT2D eigenvalue weighted by atomic mass is 17.0. The predicted molar refractivity (Wildman–Crippen MR) is 60.0 cm³/mol. The van der Waals surface area contributed by atoms with Crippen LogP contribution in [0.15, 0.2) is 21.3 Å². The molecule has 4 nitrogen and oxygen atoms in total. The SMILES string of the molecule is CC(C)Oc1ccc2ooc2c1OC(C)C. The van der Waals surface area contributed by atoms with Gasteiger partial charge in [-0.2, -0.15) is 0 Å². The van der Waals surface area contributed by atoms with Gasteiger partial charge in [0.1, 0.15) is 0 Å². The summed E-state index contributed by atoms with van der Waals surface area (Å²) < 4.78 is 21.1. The maximum absolute atomic E-state index is 5.68. The van der Waals surface area contributed by atoms with Crippen molar-refractivity contribution in [3.63, 3.8) is 0 Å². The minimum absolute atomic E-state index is 0.0604. The van der Waals surface area contributed by atoms with Gasteiger partial charge >= 0.3 is 0 Å². The first-order chi connectivity index (χ1) is 7.58. The van der Waals surface area contributed by atoms with Crippen molar-refractivity contribution in [2.24, 2.45) is 0 Å². The lowest BCUT2D eigenvalue weighted by atomic mass is 10.2. The molecule has 2 rings (SSSR count). The molecule has 0 amide bonds. The summed E-state index contributed by atoms with van der Waals surface area (Å²) in [5, 5.41) is 0. The number of benzene rings is 1. The second-order valence-electron chi connectivity index (χ2n) is 4.22. The van der Waals surface area contributed by atoms with Gasteiger partial charge in [-0.15, -0.1) is 0 Å². The Labute approximate surface area is 94.0 Å². The molecule has 0 aliphatic rings. The molecule has 0 unspecified atom stereocenters. The summed E-state index contributed by atoms with van der Waals surface area (Å²) in [5.74, 6) is 1.30. The molecule has 0 aliphatic heterocycles. The molecular formula is C12H16O4. The Morgan fingerprint density at radius 3 is 2.12 bits per heavy atom. The van der Waals surface area contributed by atoms with Crippen molar-refractivity contribution in [1.82, 2.24) is 0 Å². The number of rotatable bonds is 4. The average molecular weight is 224 g/mol. The van der Waals surface area contributed by atoms with Gasteiger partial charge in [-0.05, 0) is 39.8 Å². The lowest BCUT2D eigenvalue weighted by Gasteiger charge is -2.17. The van der Waals surface area contributed by atoms with Crippen LogP contribution in [0.1, 0.15) is 27.7 Å². The summed E-state index contributed by atoms with van der Waals surface area (Å²) in [6.07, 6.45) is 0.152. The van der Waals surface area contributed by atoms with Crippen LogP contribution in [0.4, 0.5) is 0 Å². The Hall–Kier alpha value is -1.58. The van der Waals surface area contributed by atoms with E-state index < -0.39 is 0 Å². The summed E-state index contributed by atoms with van der Waals surface area (Å²) in [4.78, 5) is 0. The van der Waals surface area contributed by atoms with Gasteiger partial charge in [0.25, 0.3) is 5.58 Å². The van der Waals surface area contributed by atoms with Crippen LogP contribution in [0.25, 0.3) is 11.2 Å². The second-order valence-corrected chi connectivity index (χ2v) is 4.22. The van der Waals surface area contributed by atoms with Crippen molar-refractivity contribution in [1.29, 1.82) is 0 Å². The summed E-state index contributed by atoms with van der Waals surface area (Å²) >= 11 is 0. The number of hydrogen-bond donors (Lipinski definition) is 0. The molecule has 0 saturated carbocycles. The fraction of sp³-hybridized carbons (Fsp3) is 0.500. The molecule has 0 atom stereocenters. The third kappa shape index (κ3) is 2.01. The van der Waals surface area contributed by atoms with E-state index in [1.54, 1.807) is 0 Å². The standard InChI is InChI=1S/C12H16O4/c1-7(2)13-9-5-6-10-12(16-15-10)11(9)14-8(3)4/h5-8H,1-4H3. The zero-order valence-corrected chi connectivity index (χ0v) is 9.94. The van der Waals surface area contributed by atoms with E-state index in [0.29, 0.717) is 22.7 Å². The monoisotopic (exact) mass is 224 g/mol. The molecule has 4 heteroatoms. The van der Waals surface area contributed by atoms with Gasteiger partial charge in [0, 0.05) is 0 Å². The fourth-order valence-electron chi connectivity index (χ4n) is 1.42. The van der Waals surface area contributed by atoms with Gasteiger partial charge in [0.2, 0.25) is 11.3 Å². The molecule has 1 aromatic carbocycles. The van der Waals surface area contributed by atoms with E-state index in [0.717, 1.165) is 0 Å². The quantitative estimate of drug-likeness (QED) is 0.744. The van der Waals surface area contributed by atoms with Crippen LogP contribution in [-0.4, -0.2) is 12.2 Å². The van der Waals surface area contributed by atoms with Crippen molar-refractivity contribution in [2.75, 3.05) is 0 Å². The van der Waals surface area contributed by atoms with Crippen molar-refractivity contribution in [2.45, 2.75) is 39.9 Å². The van der Waals surface area contributed by atoms with E-state index in [1.165, 1.54) is 0 Å². The topological polar surface area (TPSA) is 44.7 Å². The van der Waals surface area contributed by atoms with Gasteiger partial charge < -0.3 is 9.47 Å². The minimum Gasteiger partial charge on any atom is -0.487 e. The smallest absolute Gasteiger partial charge is 0.271 e. The molecule has 2 aromatic rings. The van der Waals surface area contributed by atoms with Gasteiger partial charge in [0.05, 0.1) is 12.2 Å². The Morgan fingerprint density at radius 1 is 0.938 bits per heavy atom. The van der Waals surface area contributed by atoms with Crippen LogP contribution in [0, 0.1) is 0 Å². The van der Waals surface area contributed by atoms with E-state index in [4.69, 9.17) is 18.6 Å². The molecule has 0 aliphatic carbocycles. The third-order valence-electron chi connectivity index (χ3n) is 1.97. The van der Waals surface area contributed by atoms with E-state index in [-0.39, 0.29) is 12.2 Å². The summed E-state index contributed by atoms with van der Waals surface area (Å²) in [5.41, 5.74) is 1.30. The van der Waals surface area contributed by atoms with Crippen molar-refractivity contribution >= 4 is 11.2 Å². The summed E-state index contributed by atoms with van der Waals surface area (Å²) in [7, 11) is 0. The summed E-state index contributed by atoms with van der Waals surface area (Å²) in [6, 6.07) is 3.64. The number of ether oxygens (including phenoxy) is 2. The molecular weight excluding hydrogens is 208 g/mol. The molecule has 0 fully saturated rings. The normalized spacial score (nSPS) is 11.6. The van der Waals surface area contributed by atoms with Gasteiger partial charge in [0.15, 0.2) is 5.75 Å². The third-order valence-corrected chi connectivity index (χ3v) is 1.97. The average Bonchev–Trinajstić information content (AvgIpc) is 2.10. The molecule has 0 saturated heterocycles. The van der Waals surface area contributed by atoms with Crippen molar-refractivity contribution in [3.8, 4) is 11.5 Å². The molecule has 88 valence electrons. The van der Waals surface area contributed by atoms with Crippen LogP contribution >= 0.6 is 0 Å². The lowest BCUT2D eigenvalue weighted by Crippen LogP contribution is -2.11. The van der Waals surface area contributed by atoms with E-state index in [9.17, 15) is 0 Å². The highest BCUT2D eigenvalue weighted by Crippen LogP contribution is 2.38. The van der Waals surface area contributed by atoms with Crippen LogP contribution in [0.3, 0.4) is 0 Å². The highest BCUT2D eigenvalue weighted by molar-refractivity contribution is 5.81. The van der Waals surface area contributed by atoms with E-state index in [2.05, 4.69) is 0 Å². The Morgan fingerprint density at radius 2 is 1.62 bits per heavy atom. The maximum atomic E-state index is 5.68. The predicted octanol–water partition coefficient (Wildman–Crippen LogP) is 3.60. The highest BCUT2D eigenvalue weighted by Gasteiger charge is 2.19. The van der Waals surface area contributed by atoms with E-state index >= 15 is 0 Å². The second kappa shape index (κ2) is 4.12. The first kappa shape index (κ1) is 10.9. The van der Waals surface area contributed by atoms with E-state index in [1.807, 2.05) is 39.8 Å². The molecule has 16 heavy (non-hydrogen) atoms. The zero-order valence-electron chi connectivity index (χ0n) is 9.94. The van der Waals surface area contributed by atoms with Crippen LogP contribution in [0.2, 0.25) is 0 Å². The molecule has 1 aromatic heterocycles. The van der Waals surface area contributed by atoms with Crippen LogP contribution in [-0.2, 0) is 0 Å². The molecule has 0 spiro atoms. The minimum atomic E-state index is 0.0604. The Kier molecular flexibility index (Phi) is 2.81. The zero-order chi connectivity index (χ0) is 11.7. The van der Waals surface area contributed by atoms with Gasteiger partial charge in [-0.3, -0.25) is 9.15 Å². The largest absolute Gasteiger partial charge is 0.487 e. The maximum Gasteiger partial charge on any atom is 0.271 e. The first-order valence-electron chi connectivity index (χ1n) is 5.42. The fourth-order valence-corrected chi connectivity index (χ4v) is 1.42. The molecule has 0 bridgehead atoms. The number of hydrogen-bond acceptors (Lipinski definition) is 4. The molecule has 1 heterocycles. The first-order valence-corrected chi connectivity index (χ1v) is 5.42. The van der Waals surface area contributed by atoms with Crippen molar-refractivity contribution in [3.05, 3.63) is 12.1 Å². The van der Waals surface area contributed by atoms with Crippen LogP contribution in [0.5, 0.6) is 11.5 Å². The van der Waals surface area contributed by atoms with Crippen LogP contribution < -0.4 is 9.47 Å². The summed E-state index contributed by atoms with van der Waals surface area (Å²) in [6.45, 7) is 7.85. The van der Waals surface area contributed by atoms with Crippen molar-refractivity contribution < 1.29 is 18.6 Å². The molecule has 0 radical (unpaired) electrons. The lowest BCUT2D eigenvalue weighted by molar-refractivity contribution is 0.0535. The molecule has 0 N–H and O–H groups in total. The number of fused-ring (bicyclic) bond motifs is 1.